The van der Waals surface area contributed by atoms with E-state index in [0.717, 1.165) is 16.4 Å². The fourth-order valence-corrected chi connectivity index (χ4v) is 1.78. The molecule has 0 aliphatic heterocycles. The van der Waals surface area contributed by atoms with Crippen LogP contribution in [0.3, 0.4) is 0 Å². The summed E-state index contributed by atoms with van der Waals surface area (Å²) in [5, 5.41) is -0.483. The number of hydrogen-bond acceptors (Lipinski definition) is 4. The lowest BCUT2D eigenvalue weighted by atomic mass is 10.2. The normalized spacial score (nSPS) is 12.7. The van der Waals surface area contributed by atoms with E-state index in [4.69, 9.17) is 11.6 Å². The van der Waals surface area contributed by atoms with Crippen LogP contribution in [-0.4, -0.2) is 33.5 Å². The van der Waals surface area contributed by atoms with Crippen molar-refractivity contribution in [1.29, 1.82) is 0 Å². The van der Waals surface area contributed by atoms with Crippen molar-refractivity contribution >= 4 is 21.8 Å². The number of benzene rings is 1. The molecule has 0 aliphatic rings. The molecule has 1 aromatic rings. The first-order valence-electron chi connectivity index (χ1n) is 5.37. The zero-order chi connectivity index (χ0) is 16.3. The van der Waals surface area contributed by atoms with E-state index < -0.39 is 33.7 Å². The topological polar surface area (TPSA) is 67.9 Å². The van der Waals surface area contributed by atoms with Gasteiger partial charge in [0.1, 0.15) is 0 Å². The number of nitrogens with one attached hydrogen (secondary N) is 1. The van der Waals surface area contributed by atoms with Gasteiger partial charge in [-0.25, -0.2) is 0 Å². The Morgan fingerprint density at radius 1 is 1.33 bits per heavy atom. The van der Waals surface area contributed by atoms with E-state index in [9.17, 15) is 21.6 Å². The van der Waals surface area contributed by atoms with Gasteiger partial charge in [0.05, 0.1) is 10.6 Å². The Labute approximate surface area is 124 Å². The lowest BCUT2D eigenvalue weighted by Crippen LogP contribution is -2.37. The Kier molecular flexibility index (Phi) is 5.82. The summed E-state index contributed by atoms with van der Waals surface area (Å²) in [4.78, 5) is 9.05. The Bertz CT molecular complexity index is 592. The molecular formula is C10H12ClF3N2O4S. The van der Waals surface area contributed by atoms with Crippen LogP contribution in [0, 0.1) is 0 Å². The minimum atomic E-state index is -4.64. The quantitative estimate of drug-likeness (QED) is 0.370. The number of halogens is 4. The lowest BCUT2D eigenvalue weighted by Gasteiger charge is -2.13. The molecule has 11 heteroatoms. The van der Waals surface area contributed by atoms with Crippen molar-refractivity contribution in [1.82, 2.24) is 9.03 Å². The first-order chi connectivity index (χ1) is 9.54. The van der Waals surface area contributed by atoms with Crippen molar-refractivity contribution < 1.29 is 31.4 Å². The van der Waals surface area contributed by atoms with Crippen LogP contribution in [0.15, 0.2) is 18.2 Å². The first kappa shape index (κ1) is 18.0. The van der Waals surface area contributed by atoms with Gasteiger partial charge in [-0.3, -0.25) is 0 Å². The maximum absolute atomic E-state index is 12.6. The molecule has 0 fully saturated rings. The molecule has 6 nitrogen and oxygen atoms in total. The Morgan fingerprint density at radius 3 is 2.48 bits per heavy atom. The smallest absolute Gasteiger partial charge is 0.336 e. The maximum atomic E-state index is 12.6. The predicted octanol–water partition coefficient (Wildman–Crippen LogP) is 2.02. The van der Waals surface area contributed by atoms with Crippen molar-refractivity contribution in [2.45, 2.75) is 6.18 Å². The van der Waals surface area contributed by atoms with Gasteiger partial charge in [-0.05, 0) is 18.2 Å². The summed E-state index contributed by atoms with van der Waals surface area (Å²) in [6, 6.07) is 2.79. The van der Waals surface area contributed by atoms with Crippen molar-refractivity contribution in [2.24, 2.45) is 0 Å². The molecule has 21 heavy (non-hydrogen) atoms. The van der Waals surface area contributed by atoms with Gasteiger partial charge in [0.15, 0.2) is 12.5 Å². The third-order valence-electron chi connectivity index (χ3n) is 2.18. The van der Waals surface area contributed by atoms with Crippen LogP contribution in [0.2, 0.25) is 5.02 Å². The molecule has 0 atom stereocenters. The third kappa shape index (κ3) is 5.32. The Hall–Kier alpha value is -1.07. The fourth-order valence-electron chi connectivity index (χ4n) is 1.10. The van der Waals surface area contributed by atoms with Crippen LogP contribution < -0.4 is 9.61 Å². The molecule has 1 aromatic carbocycles. The number of nitrogens with zero attached hydrogens (tertiary/aromatic N) is 1. The Morgan fingerprint density at radius 2 is 1.95 bits per heavy atom. The van der Waals surface area contributed by atoms with E-state index in [1.807, 2.05) is 4.72 Å². The summed E-state index contributed by atoms with van der Waals surface area (Å²) in [7, 11) is -1.13. The molecule has 0 amide bonds. The molecule has 0 saturated carbocycles. The number of hydrogen-bond donors (Lipinski definition) is 1. The highest BCUT2D eigenvalue weighted by Gasteiger charge is 2.33. The van der Waals surface area contributed by atoms with Gasteiger partial charge in [0, 0.05) is 14.1 Å². The standard InChI is InChI=1S/C10H12ClF3N2O4S/c1-16(2)21(17,18)15-6-19-20-7-3-4-9(11)8(5-7)10(12,13)14/h3-5,15H,6H2,1-2H3. The van der Waals surface area contributed by atoms with Crippen LogP contribution in [-0.2, 0) is 21.3 Å². The average Bonchev–Trinajstić information content (AvgIpc) is 2.34. The molecule has 0 bridgehead atoms. The summed E-state index contributed by atoms with van der Waals surface area (Å²) >= 11 is 5.42. The fraction of sp³-hybridized carbons (Fsp3) is 0.400. The van der Waals surface area contributed by atoms with Gasteiger partial charge >= 0.3 is 6.18 Å². The average molecular weight is 349 g/mol. The van der Waals surface area contributed by atoms with Crippen LogP contribution in [0.1, 0.15) is 5.56 Å². The second-order valence-corrected chi connectivity index (χ2v) is 6.29. The van der Waals surface area contributed by atoms with Gasteiger partial charge in [-0.2, -0.15) is 35.5 Å². The Balaban J connectivity index is 2.62. The molecule has 1 rings (SSSR count). The van der Waals surface area contributed by atoms with E-state index in [1.54, 1.807) is 0 Å². The van der Waals surface area contributed by atoms with Crippen LogP contribution in [0.25, 0.3) is 0 Å². The van der Waals surface area contributed by atoms with Crippen molar-refractivity contribution in [3.8, 4) is 5.75 Å². The van der Waals surface area contributed by atoms with Gasteiger partial charge < -0.3 is 4.89 Å². The molecule has 0 unspecified atom stereocenters. The third-order valence-corrected chi connectivity index (χ3v) is 3.95. The molecule has 120 valence electrons. The molecule has 0 saturated heterocycles. The van der Waals surface area contributed by atoms with E-state index in [2.05, 4.69) is 9.78 Å². The highest BCUT2D eigenvalue weighted by Crippen LogP contribution is 2.36. The van der Waals surface area contributed by atoms with Crippen molar-refractivity contribution in [3.05, 3.63) is 28.8 Å². The van der Waals surface area contributed by atoms with Gasteiger partial charge in [0.2, 0.25) is 0 Å². The molecule has 0 aromatic heterocycles. The van der Waals surface area contributed by atoms with Crippen LogP contribution >= 0.6 is 11.6 Å². The second kappa shape index (κ2) is 6.79. The minimum absolute atomic E-state index is 0.268. The number of rotatable bonds is 6. The summed E-state index contributed by atoms with van der Waals surface area (Å²) in [5.41, 5.74) is -1.08. The highest BCUT2D eigenvalue weighted by molar-refractivity contribution is 7.87. The van der Waals surface area contributed by atoms with Gasteiger partial charge in [-0.1, -0.05) is 11.6 Å². The van der Waals surface area contributed by atoms with E-state index >= 15 is 0 Å². The predicted molar refractivity (Wildman–Crippen MR) is 68.8 cm³/mol. The largest absolute Gasteiger partial charge is 0.417 e. The molecule has 0 aliphatic carbocycles. The molecule has 0 radical (unpaired) electrons. The van der Waals surface area contributed by atoms with Gasteiger partial charge in [0.25, 0.3) is 10.2 Å². The molecule has 1 N–H and O–H groups in total. The summed E-state index contributed by atoms with van der Waals surface area (Å²) < 4.78 is 63.2. The number of alkyl halides is 3. The molecular weight excluding hydrogens is 337 g/mol. The summed E-state index contributed by atoms with van der Waals surface area (Å²) in [6.45, 7) is -0.579. The molecule has 0 heterocycles. The SMILES string of the molecule is CN(C)S(=O)(=O)NCOOc1ccc(Cl)c(C(F)(F)F)c1. The highest BCUT2D eigenvalue weighted by atomic mass is 35.5. The zero-order valence-corrected chi connectivity index (χ0v) is 12.5. The summed E-state index contributed by atoms with van der Waals surface area (Å²) in [6.07, 6.45) is -4.64. The zero-order valence-electron chi connectivity index (χ0n) is 10.9. The van der Waals surface area contributed by atoms with Crippen molar-refractivity contribution in [2.75, 3.05) is 20.8 Å². The van der Waals surface area contributed by atoms with E-state index in [0.29, 0.717) is 6.07 Å². The maximum Gasteiger partial charge on any atom is 0.417 e. The molecule has 0 spiro atoms. The minimum Gasteiger partial charge on any atom is -0.336 e. The lowest BCUT2D eigenvalue weighted by molar-refractivity contribution is -0.208. The van der Waals surface area contributed by atoms with Crippen LogP contribution in [0.4, 0.5) is 13.2 Å². The van der Waals surface area contributed by atoms with Crippen molar-refractivity contribution in [3.63, 3.8) is 0 Å². The van der Waals surface area contributed by atoms with E-state index in [1.165, 1.54) is 14.1 Å². The first-order valence-corrected chi connectivity index (χ1v) is 7.19. The second-order valence-electron chi connectivity index (χ2n) is 3.92. The monoisotopic (exact) mass is 348 g/mol. The summed E-state index contributed by atoms with van der Waals surface area (Å²) in [5.74, 6) is -0.268. The van der Waals surface area contributed by atoms with E-state index in [-0.39, 0.29) is 5.75 Å². The van der Waals surface area contributed by atoms with Crippen LogP contribution in [0.5, 0.6) is 5.75 Å². The van der Waals surface area contributed by atoms with Gasteiger partial charge in [-0.15, -0.1) is 0 Å².